The third kappa shape index (κ3) is 8.31. The predicted octanol–water partition coefficient (Wildman–Crippen LogP) is -0.422. The lowest BCUT2D eigenvalue weighted by Crippen LogP contribution is -1.74. The molecule has 0 bridgehead atoms. The minimum Gasteiger partial charge on any atom is -0.395 e. The molecular formula is C9H6O2. The summed E-state index contributed by atoms with van der Waals surface area (Å²) in [6.07, 6.45) is 0.881. The first-order valence-electron chi connectivity index (χ1n) is 2.94. The van der Waals surface area contributed by atoms with Gasteiger partial charge in [-0.25, -0.2) is 0 Å². The van der Waals surface area contributed by atoms with Gasteiger partial charge in [0.15, 0.2) is 6.29 Å². The largest absolute Gasteiger partial charge is 0.395 e. The van der Waals surface area contributed by atoms with E-state index in [-0.39, 0.29) is 6.61 Å². The Morgan fingerprint density at radius 1 is 1.18 bits per heavy atom. The molecule has 0 aromatic rings. The van der Waals surface area contributed by atoms with Gasteiger partial charge >= 0.3 is 0 Å². The van der Waals surface area contributed by atoms with Gasteiger partial charge in [0, 0.05) is 6.42 Å². The molecule has 0 unspecified atom stereocenters. The fourth-order valence-corrected chi connectivity index (χ4v) is 0.291. The van der Waals surface area contributed by atoms with Crippen molar-refractivity contribution in [1.82, 2.24) is 0 Å². The fourth-order valence-electron chi connectivity index (χ4n) is 0.291. The van der Waals surface area contributed by atoms with Crippen molar-refractivity contribution in [2.24, 2.45) is 0 Å². The van der Waals surface area contributed by atoms with Crippen LogP contribution in [0.4, 0.5) is 0 Å². The highest BCUT2D eigenvalue weighted by atomic mass is 16.2. The predicted molar refractivity (Wildman–Crippen MR) is 41.1 cm³/mol. The molecule has 0 saturated heterocycles. The molecule has 2 nitrogen and oxygen atoms in total. The number of aliphatic hydroxyl groups excluding tert-OH is 1. The Kier molecular flexibility index (Phi) is 7.03. The van der Waals surface area contributed by atoms with Gasteiger partial charge in [-0.05, 0) is 29.6 Å². The van der Waals surface area contributed by atoms with Crippen molar-refractivity contribution < 1.29 is 9.90 Å². The lowest BCUT2D eigenvalue weighted by atomic mass is 10.4. The van der Waals surface area contributed by atoms with Crippen LogP contribution in [0.15, 0.2) is 0 Å². The van der Waals surface area contributed by atoms with Gasteiger partial charge in [-0.1, -0.05) is 5.92 Å². The summed E-state index contributed by atoms with van der Waals surface area (Å²) in [6, 6.07) is 0. The van der Waals surface area contributed by atoms with Crippen molar-refractivity contribution >= 4 is 6.29 Å². The van der Waals surface area contributed by atoms with Gasteiger partial charge in [0.25, 0.3) is 0 Å². The second-order valence-corrected chi connectivity index (χ2v) is 1.41. The molecule has 1 N–H and O–H groups in total. The zero-order chi connectivity index (χ0) is 8.36. The van der Waals surface area contributed by atoms with E-state index in [4.69, 9.17) is 5.11 Å². The van der Waals surface area contributed by atoms with Crippen molar-refractivity contribution in [3.05, 3.63) is 0 Å². The van der Waals surface area contributed by atoms with Gasteiger partial charge in [-0.15, -0.1) is 0 Å². The van der Waals surface area contributed by atoms with Crippen LogP contribution < -0.4 is 0 Å². The second kappa shape index (κ2) is 8.31. The standard InChI is InChI=1S/C9H6O2/c10-8-6-4-2-1-3-5-7-9-11/h9-10H,6,8H2. The number of aliphatic hydroxyl groups is 1. The molecule has 0 aromatic carbocycles. The van der Waals surface area contributed by atoms with E-state index in [1.54, 1.807) is 0 Å². The van der Waals surface area contributed by atoms with Crippen LogP contribution in [0.1, 0.15) is 6.42 Å². The molecule has 0 rings (SSSR count). The Labute approximate surface area is 65.6 Å². The van der Waals surface area contributed by atoms with Gasteiger partial charge in [-0.3, -0.25) is 4.79 Å². The topological polar surface area (TPSA) is 37.3 Å². The summed E-state index contributed by atoms with van der Waals surface area (Å²) in [5.41, 5.74) is 0. The van der Waals surface area contributed by atoms with Gasteiger partial charge < -0.3 is 5.11 Å². The maximum atomic E-state index is 9.63. The third-order valence-electron chi connectivity index (χ3n) is 0.644. The highest BCUT2D eigenvalue weighted by molar-refractivity contribution is 5.73. The monoisotopic (exact) mass is 146 g/mol. The molecule has 0 saturated carbocycles. The number of carbonyl (C=O) groups is 1. The lowest BCUT2D eigenvalue weighted by molar-refractivity contribution is -0.103. The molecule has 0 aliphatic rings. The first-order valence-corrected chi connectivity index (χ1v) is 2.94. The number of carbonyl (C=O) groups excluding carboxylic acids is 1. The van der Waals surface area contributed by atoms with Crippen LogP contribution in [0.25, 0.3) is 0 Å². The van der Waals surface area contributed by atoms with E-state index in [2.05, 4.69) is 35.5 Å². The van der Waals surface area contributed by atoms with E-state index >= 15 is 0 Å². The molecule has 0 amide bonds. The molecular weight excluding hydrogens is 140 g/mol. The van der Waals surface area contributed by atoms with E-state index in [0.717, 1.165) is 0 Å². The van der Waals surface area contributed by atoms with Crippen LogP contribution in [0.5, 0.6) is 0 Å². The molecule has 0 aliphatic heterocycles. The summed E-state index contributed by atoms with van der Waals surface area (Å²) in [6.45, 7) is 0.0364. The van der Waals surface area contributed by atoms with Crippen LogP contribution in [-0.4, -0.2) is 18.0 Å². The summed E-state index contributed by atoms with van der Waals surface area (Å²) in [7, 11) is 0. The number of rotatable bonds is 1. The van der Waals surface area contributed by atoms with Gasteiger partial charge in [0.1, 0.15) is 0 Å². The summed E-state index contributed by atoms with van der Waals surface area (Å²) < 4.78 is 0. The highest BCUT2D eigenvalue weighted by Gasteiger charge is 1.66. The van der Waals surface area contributed by atoms with Crippen molar-refractivity contribution in [3.63, 3.8) is 0 Å². The highest BCUT2D eigenvalue weighted by Crippen LogP contribution is 1.67. The first-order chi connectivity index (χ1) is 5.41. The van der Waals surface area contributed by atoms with Gasteiger partial charge in [-0.2, -0.15) is 0 Å². The average molecular weight is 146 g/mol. The van der Waals surface area contributed by atoms with E-state index in [0.29, 0.717) is 12.7 Å². The van der Waals surface area contributed by atoms with Crippen LogP contribution in [-0.2, 0) is 4.79 Å². The van der Waals surface area contributed by atoms with Crippen LogP contribution in [0, 0.1) is 35.5 Å². The van der Waals surface area contributed by atoms with E-state index in [1.807, 2.05) is 0 Å². The smallest absolute Gasteiger partial charge is 0.193 e. The minimum atomic E-state index is 0.0364. The Morgan fingerprint density at radius 3 is 2.55 bits per heavy atom. The Balaban J connectivity index is 3.74. The van der Waals surface area contributed by atoms with E-state index in [1.165, 1.54) is 0 Å². The second-order valence-electron chi connectivity index (χ2n) is 1.41. The third-order valence-corrected chi connectivity index (χ3v) is 0.644. The van der Waals surface area contributed by atoms with Gasteiger partial charge in [0.2, 0.25) is 0 Å². The zero-order valence-corrected chi connectivity index (χ0v) is 5.85. The Morgan fingerprint density at radius 2 is 1.91 bits per heavy atom. The van der Waals surface area contributed by atoms with Crippen molar-refractivity contribution in [2.75, 3.05) is 6.61 Å². The summed E-state index contributed by atoms with van der Waals surface area (Å²) in [4.78, 5) is 9.63. The Bertz CT molecular complexity index is 283. The SMILES string of the molecule is O=CC#CC#CC#CCCO. The maximum absolute atomic E-state index is 9.63. The number of aldehydes is 1. The quantitative estimate of drug-likeness (QED) is 0.403. The van der Waals surface area contributed by atoms with Crippen LogP contribution in [0.3, 0.4) is 0 Å². The molecule has 0 spiro atoms. The van der Waals surface area contributed by atoms with Crippen LogP contribution in [0.2, 0.25) is 0 Å². The number of hydrogen-bond donors (Lipinski definition) is 1. The summed E-state index contributed by atoms with van der Waals surface area (Å²) in [5.74, 6) is 14.2. The van der Waals surface area contributed by atoms with Crippen LogP contribution >= 0.6 is 0 Å². The van der Waals surface area contributed by atoms with E-state index < -0.39 is 0 Å². The summed E-state index contributed by atoms with van der Waals surface area (Å²) in [5, 5.41) is 8.28. The molecule has 0 fully saturated rings. The van der Waals surface area contributed by atoms with Crippen molar-refractivity contribution in [3.8, 4) is 35.5 Å². The first kappa shape index (κ1) is 9.31. The maximum Gasteiger partial charge on any atom is 0.193 e. The lowest BCUT2D eigenvalue weighted by Gasteiger charge is -1.72. The molecule has 0 heterocycles. The Hall–Kier alpha value is -1.69. The normalized spacial score (nSPS) is 5.55. The zero-order valence-electron chi connectivity index (χ0n) is 5.85. The molecule has 0 aromatic heterocycles. The van der Waals surface area contributed by atoms with Crippen molar-refractivity contribution in [1.29, 1.82) is 0 Å². The van der Waals surface area contributed by atoms with Gasteiger partial charge in [0.05, 0.1) is 6.61 Å². The molecule has 11 heavy (non-hydrogen) atoms. The molecule has 54 valence electrons. The fraction of sp³-hybridized carbons (Fsp3) is 0.222. The molecule has 0 atom stereocenters. The van der Waals surface area contributed by atoms with Crippen molar-refractivity contribution in [2.45, 2.75) is 6.42 Å². The molecule has 0 aliphatic carbocycles. The number of hydrogen-bond acceptors (Lipinski definition) is 2. The minimum absolute atomic E-state index is 0.0364. The average Bonchev–Trinajstić information content (AvgIpc) is 2.03. The summed E-state index contributed by atoms with van der Waals surface area (Å²) >= 11 is 0. The molecule has 0 radical (unpaired) electrons. The van der Waals surface area contributed by atoms with E-state index in [9.17, 15) is 4.79 Å². The molecule has 2 heteroatoms.